The van der Waals surface area contributed by atoms with Crippen LogP contribution in [0.3, 0.4) is 0 Å². The van der Waals surface area contributed by atoms with Crippen molar-refractivity contribution in [1.29, 1.82) is 0 Å². The summed E-state index contributed by atoms with van der Waals surface area (Å²) in [5, 5.41) is 6.72. The lowest BCUT2D eigenvalue weighted by molar-refractivity contribution is 0.669. The Bertz CT molecular complexity index is 8460. The molecule has 0 amide bonds. The third kappa shape index (κ3) is 17.8. The molecule has 3 aromatic heterocycles. The molecular weight excluding hydrogens is 1800 g/mol. The van der Waals surface area contributed by atoms with E-state index < -0.39 is 0 Å². The molecule has 0 fully saturated rings. The van der Waals surface area contributed by atoms with Gasteiger partial charge in [0.2, 0.25) is 0 Å². The van der Waals surface area contributed by atoms with Gasteiger partial charge >= 0.3 is 0 Å². The molecule has 23 aromatic carbocycles. The lowest BCUT2D eigenvalue weighted by Crippen LogP contribution is -2.13. The molecule has 10 heteroatoms. The van der Waals surface area contributed by atoms with Gasteiger partial charge in [-0.05, 0) is 301 Å². The summed E-state index contributed by atoms with van der Waals surface area (Å²) in [5.74, 6) is 0. The number of nitrogens with zero attached hydrogens (tertiary/aromatic N) is 7. The Hall–Kier alpha value is -19.9. The van der Waals surface area contributed by atoms with Gasteiger partial charge in [-0.15, -0.1) is 0 Å². The highest BCUT2D eigenvalue weighted by Crippen LogP contribution is 2.50. The topological polar surface area (TPSA) is 62.1 Å². The molecule has 0 aliphatic rings. The van der Waals surface area contributed by atoms with Crippen LogP contribution in [-0.4, -0.2) is 0 Å². The number of hydrogen-bond acceptors (Lipinski definition) is 10. The fourth-order valence-electron chi connectivity index (χ4n) is 20.6. The molecule has 702 valence electrons. The van der Waals surface area contributed by atoms with Crippen molar-refractivity contribution < 1.29 is 13.3 Å². The lowest BCUT2D eigenvalue weighted by Gasteiger charge is -2.29. The summed E-state index contributed by atoms with van der Waals surface area (Å²) in [7, 11) is 0. The molecule has 26 rings (SSSR count). The molecule has 0 bridgehead atoms. The molecule has 0 saturated heterocycles. The summed E-state index contributed by atoms with van der Waals surface area (Å²) >= 11 is 0. The van der Waals surface area contributed by atoms with Gasteiger partial charge in [0.25, 0.3) is 0 Å². The molecule has 3 heterocycles. The van der Waals surface area contributed by atoms with E-state index >= 15 is 0 Å². The second-order valence-electron chi connectivity index (χ2n) is 36.7. The minimum absolute atomic E-state index is 0.888. The normalized spacial score (nSPS) is 11.2. The molecule has 0 saturated carbocycles. The van der Waals surface area contributed by atoms with Crippen molar-refractivity contribution >= 4 is 185 Å². The molecule has 0 aliphatic heterocycles. The number of rotatable bonds is 25. The summed E-state index contributed by atoms with van der Waals surface area (Å²) < 4.78 is 19.4. The predicted octanol–water partition coefficient (Wildman–Crippen LogP) is 40.0. The van der Waals surface area contributed by atoms with Crippen LogP contribution in [0, 0.1) is 0 Å². The Morgan fingerprint density at radius 1 is 0.0946 bits per heavy atom. The monoisotopic (exact) mass is 1900 g/mol. The smallest absolute Gasteiger partial charge is 0.143 e. The van der Waals surface area contributed by atoms with E-state index in [1.165, 1.54) is 0 Å². The van der Waals surface area contributed by atoms with Crippen LogP contribution in [0.5, 0.6) is 0 Å². The number of fused-ring (bicyclic) bond motifs is 9. The molecule has 10 nitrogen and oxygen atoms in total. The summed E-state index contributed by atoms with van der Waals surface area (Å²) in [4.78, 5) is 16.2. The predicted molar refractivity (Wildman–Crippen MR) is 619 cm³/mol. The van der Waals surface area contributed by atoms with E-state index in [1.54, 1.807) is 0 Å². The largest absolute Gasteiger partial charge is 0.455 e. The van der Waals surface area contributed by atoms with Crippen LogP contribution in [0.2, 0.25) is 0 Å². The number of hydrogen-bond donors (Lipinski definition) is 0. The third-order valence-electron chi connectivity index (χ3n) is 27.7. The minimum Gasteiger partial charge on any atom is -0.455 e. The van der Waals surface area contributed by atoms with Crippen LogP contribution in [-0.2, 0) is 0 Å². The lowest BCUT2D eigenvalue weighted by atomic mass is 10.0. The standard InChI is InChI=1S/C84H58N4O2.C54H39N3O/c1-5-19-63(20-6-1)85(64-21-7-2-8-22-64)71-51-55-73(56-52-71)87(69-47-39-61(40-48-69)75-29-17-31-79-77-27-13-15-33-81(77)89-83(75)79)67-43-35-59(36-44-67)60-37-45-68(46-38-60)88(74-57-53-72(54-58-74)86(65-23-9-3-10-24-65)66-25-11-4-12-26-66)70-49-41-62(42-50-70)76-30-18-32-80-78-28-14-16-34-82(78)90-84(76)80;1-5-16-41(17-6-1)55(42-18-7-2-8-19-42)46-32-36-48(37-33-46)57(49-38-34-47(35-39-49)56(43-20-9-3-10-21-43)44-22-11-4-12-23-44)45-30-28-40(29-31-45)50-25-15-26-52-51-24-13-14-27-53(51)58-54(50)52/h1-58H;1-39H. The van der Waals surface area contributed by atoms with E-state index in [0.29, 0.717) is 0 Å². The summed E-state index contributed by atoms with van der Waals surface area (Å²) in [6, 6.07) is 208. The Kier molecular flexibility index (Phi) is 24.3. The van der Waals surface area contributed by atoms with Gasteiger partial charge in [0.15, 0.2) is 0 Å². The van der Waals surface area contributed by atoms with Crippen LogP contribution in [0.1, 0.15) is 0 Å². The Morgan fingerprint density at radius 3 is 0.392 bits per heavy atom. The van der Waals surface area contributed by atoms with Crippen molar-refractivity contribution in [2.24, 2.45) is 0 Å². The summed E-state index contributed by atoms with van der Waals surface area (Å²) in [5.41, 5.74) is 36.4. The highest BCUT2D eigenvalue weighted by Gasteiger charge is 2.26. The fraction of sp³-hybridized carbons (Fsp3) is 0. The quantitative estimate of drug-likeness (QED) is 0.0553. The van der Waals surface area contributed by atoms with Gasteiger partial charge in [-0.2, -0.15) is 0 Å². The van der Waals surface area contributed by atoms with E-state index in [4.69, 9.17) is 13.3 Å². The van der Waals surface area contributed by atoms with Crippen LogP contribution >= 0.6 is 0 Å². The van der Waals surface area contributed by atoms with Crippen molar-refractivity contribution in [3.05, 3.63) is 588 Å². The maximum absolute atomic E-state index is 6.51. The van der Waals surface area contributed by atoms with Crippen molar-refractivity contribution in [3.8, 4) is 44.5 Å². The van der Waals surface area contributed by atoms with Crippen molar-refractivity contribution in [2.45, 2.75) is 0 Å². The summed E-state index contributed by atoms with van der Waals surface area (Å²) in [6.07, 6.45) is 0. The van der Waals surface area contributed by atoms with Gasteiger partial charge in [0, 0.05) is 168 Å². The Morgan fingerprint density at radius 2 is 0.223 bits per heavy atom. The zero-order chi connectivity index (χ0) is 98.4. The molecule has 0 N–H and O–H groups in total. The zero-order valence-corrected chi connectivity index (χ0v) is 80.9. The Balaban J connectivity index is 0.000000169. The van der Waals surface area contributed by atoms with Gasteiger partial charge < -0.3 is 47.6 Å². The van der Waals surface area contributed by atoms with Crippen LogP contribution in [0.15, 0.2) is 602 Å². The van der Waals surface area contributed by atoms with Crippen molar-refractivity contribution in [3.63, 3.8) is 0 Å². The molecule has 0 radical (unpaired) electrons. The number of anilines is 21. The molecule has 0 atom stereocenters. The fourth-order valence-corrected chi connectivity index (χ4v) is 20.6. The average molecular weight is 1900 g/mol. The van der Waals surface area contributed by atoms with Gasteiger partial charge in [0.05, 0.1) is 0 Å². The van der Waals surface area contributed by atoms with E-state index in [1.807, 2.05) is 36.4 Å². The van der Waals surface area contributed by atoms with Crippen LogP contribution < -0.4 is 34.3 Å². The van der Waals surface area contributed by atoms with Crippen molar-refractivity contribution in [1.82, 2.24) is 0 Å². The van der Waals surface area contributed by atoms with Gasteiger partial charge in [-0.25, -0.2) is 0 Å². The summed E-state index contributed by atoms with van der Waals surface area (Å²) in [6.45, 7) is 0. The third-order valence-corrected chi connectivity index (χ3v) is 27.7. The number of furan rings is 3. The maximum Gasteiger partial charge on any atom is 0.143 e. The van der Waals surface area contributed by atoms with Gasteiger partial charge in [-0.1, -0.05) is 315 Å². The molecule has 148 heavy (non-hydrogen) atoms. The SMILES string of the molecule is c1ccc(N(c2ccccc2)c2ccc(N(c3ccc(-c4ccc(N(c5ccc(-c6cccc7c6oc6ccccc67)cc5)c5ccc(N(c6ccccc6)c6ccccc6)cc5)cc4)cc3)c3ccc(-c4cccc5c4oc4ccccc45)cc3)cc2)cc1.c1ccc(N(c2ccccc2)c2ccc(N(c3ccc(-c4cccc5c4oc4ccccc45)cc3)c3ccc(N(c4ccccc4)c4ccccc4)cc3)cc2)cc1. The minimum atomic E-state index is 0.888. The van der Waals surface area contributed by atoms with Gasteiger partial charge in [-0.3, -0.25) is 0 Å². The second-order valence-corrected chi connectivity index (χ2v) is 36.7. The van der Waals surface area contributed by atoms with Gasteiger partial charge in [0.1, 0.15) is 33.5 Å². The maximum atomic E-state index is 6.51. The first-order valence-electron chi connectivity index (χ1n) is 50.1. The Labute approximate surface area is 859 Å². The van der Waals surface area contributed by atoms with E-state index in [-0.39, 0.29) is 0 Å². The second kappa shape index (κ2) is 40.2. The number of para-hydroxylation sites is 14. The molecule has 26 aromatic rings. The van der Waals surface area contributed by atoms with Crippen molar-refractivity contribution in [2.75, 3.05) is 34.3 Å². The first-order valence-corrected chi connectivity index (χ1v) is 50.1. The molecule has 0 unspecified atom stereocenters. The van der Waals surface area contributed by atoms with E-state index in [0.717, 1.165) is 230 Å². The highest BCUT2D eigenvalue weighted by molar-refractivity contribution is 6.12. The van der Waals surface area contributed by atoms with Crippen LogP contribution in [0.25, 0.3) is 110 Å². The average Bonchev–Trinajstić information content (AvgIpc) is 1.62. The molecule has 0 aliphatic carbocycles. The highest BCUT2D eigenvalue weighted by atomic mass is 16.3. The first kappa shape index (κ1) is 89.4. The van der Waals surface area contributed by atoms with Crippen LogP contribution in [0.4, 0.5) is 119 Å². The van der Waals surface area contributed by atoms with E-state index in [2.05, 4.69) is 586 Å². The molecule has 0 spiro atoms. The number of benzene rings is 23. The first-order chi connectivity index (χ1) is 73.4. The molecular formula is C138H97N7O3. The zero-order valence-electron chi connectivity index (χ0n) is 80.9. The van der Waals surface area contributed by atoms with E-state index in [9.17, 15) is 0 Å².